The molecule has 0 unspecified atom stereocenters. The zero-order valence-electron chi connectivity index (χ0n) is 14.6. The maximum Gasteiger partial charge on any atom is 0.343 e. The lowest BCUT2D eigenvalue weighted by molar-refractivity contribution is 0.0734. The molecule has 4 aromatic rings. The highest BCUT2D eigenvalue weighted by molar-refractivity contribution is 5.91. The predicted molar refractivity (Wildman–Crippen MR) is 102 cm³/mol. The Balaban J connectivity index is 1.52. The lowest BCUT2D eigenvalue weighted by Crippen LogP contribution is -2.08. The number of carbonyl (C=O) groups excluding carboxylic acids is 1. The van der Waals surface area contributed by atoms with Crippen molar-refractivity contribution in [1.29, 1.82) is 0 Å². The normalized spacial score (nSPS) is 10.5. The highest BCUT2D eigenvalue weighted by Crippen LogP contribution is 2.22. The fourth-order valence-corrected chi connectivity index (χ4v) is 2.58. The van der Waals surface area contributed by atoms with Gasteiger partial charge < -0.3 is 4.74 Å². The van der Waals surface area contributed by atoms with Crippen molar-refractivity contribution in [2.45, 2.75) is 0 Å². The number of aromatic nitrogens is 3. The molecule has 136 valence electrons. The fourth-order valence-electron chi connectivity index (χ4n) is 2.58. The minimum atomic E-state index is -0.554. The molecule has 0 amide bonds. The highest BCUT2D eigenvalue weighted by Gasteiger charge is 2.10. The summed E-state index contributed by atoms with van der Waals surface area (Å²) in [5.74, 6) is -0.0477. The number of halogens is 1. The van der Waals surface area contributed by atoms with Crippen LogP contribution in [0.1, 0.15) is 10.4 Å². The molecule has 0 spiro atoms. The Bertz CT molecular complexity index is 1100. The molecule has 0 aliphatic carbocycles. The van der Waals surface area contributed by atoms with Gasteiger partial charge in [-0.2, -0.15) is 0 Å². The smallest absolute Gasteiger partial charge is 0.343 e. The van der Waals surface area contributed by atoms with Crippen LogP contribution in [-0.2, 0) is 0 Å². The standard InChI is InChI=1S/C22H14FN3O2/c23-17-8-4-16(5-9-17)22(27)28-18-10-6-15(7-11-18)21-25-14-12-20(26-21)19-3-1-2-13-24-19/h1-14H. The third kappa shape index (κ3) is 3.91. The van der Waals surface area contributed by atoms with Crippen LogP contribution in [0.25, 0.3) is 22.8 Å². The molecule has 0 fully saturated rings. The molecular formula is C22H14FN3O2. The summed E-state index contributed by atoms with van der Waals surface area (Å²) in [7, 11) is 0. The largest absolute Gasteiger partial charge is 0.423 e. The second kappa shape index (κ2) is 7.75. The summed E-state index contributed by atoms with van der Waals surface area (Å²) in [6.45, 7) is 0. The van der Waals surface area contributed by atoms with E-state index in [-0.39, 0.29) is 5.56 Å². The summed E-state index contributed by atoms with van der Waals surface area (Å²) in [6, 6.07) is 19.5. The summed E-state index contributed by atoms with van der Waals surface area (Å²) < 4.78 is 18.3. The maximum absolute atomic E-state index is 13.0. The molecule has 0 aliphatic rings. The first kappa shape index (κ1) is 17.5. The van der Waals surface area contributed by atoms with Crippen molar-refractivity contribution in [2.75, 3.05) is 0 Å². The van der Waals surface area contributed by atoms with Crippen LogP contribution in [0.2, 0.25) is 0 Å². The van der Waals surface area contributed by atoms with Crippen molar-refractivity contribution < 1.29 is 13.9 Å². The van der Waals surface area contributed by atoms with E-state index in [1.165, 1.54) is 24.3 Å². The number of benzene rings is 2. The Morgan fingerprint density at radius 2 is 1.57 bits per heavy atom. The average molecular weight is 371 g/mol. The number of ether oxygens (including phenoxy) is 1. The molecule has 0 saturated carbocycles. The van der Waals surface area contributed by atoms with E-state index < -0.39 is 11.8 Å². The number of hydrogen-bond donors (Lipinski definition) is 0. The first-order valence-electron chi connectivity index (χ1n) is 8.52. The number of rotatable bonds is 4. The predicted octanol–water partition coefficient (Wildman–Crippen LogP) is 4.56. The van der Waals surface area contributed by atoms with Crippen molar-refractivity contribution in [2.24, 2.45) is 0 Å². The zero-order chi connectivity index (χ0) is 19.3. The SMILES string of the molecule is O=C(Oc1ccc(-c2nccc(-c3ccccn3)n2)cc1)c1ccc(F)cc1. The van der Waals surface area contributed by atoms with Gasteiger partial charge in [0.2, 0.25) is 0 Å². The minimum absolute atomic E-state index is 0.275. The number of esters is 1. The second-order valence-corrected chi connectivity index (χ2v) is 5.90. The van der Waals surface area contributed by atoms with Gasteiger partial charge in [0.1, 0.15) is 11.6 Å². The van der Waals surface area contributed by atoms with Crippen LogP contribution in [0.5, 0.6) is 5.75 Å². The van der Waals surface area contributed by atoms with Crippen LogP contribution in [0, 0.1) is 5.82 Å². The van der Waals surface area contributed by atoms with Gasteiger partial charge in [0, 0.05) is 18.0 Å². The molecule has 0 N–H and O–H groups in total. The summed E-state index contributed by atoms with van der Waals surface area (Å²) in [5.41, 5.74) is 2.53. The summed E-state index contributed by atoms with van der Waals surface area (Å²) in [4.78, 5) is 25.2. The number of hydrogen-bond acceptors (Lipinski definition) is 5. The molecule has 4 rings (SSSR count). The van der Waals surface area contributed by atoms with E-state index >= 15 is 0 Å². The minimum Gasteiger partial charge on any atom is -0.423 e. The van der Waals surface area contributed by atoms with Gasteiger partial charge in [-0.15, -0.1) is 0 Å². The van der Waals surface area contributed by atoms with Gasteiger partial charge >= 0.3 is 5.97 Å². The van der Waals surface area contributed by atoms with Crippen molar-refractivity contribution in [3.63, 3.8) is 0 Å². The van der Waals surface area contributed by atoms with Gasteiger partial charge in [-0.1, -0.05) is 6.07 Å². The van der Waals surface area contributed by atoms with Crippen LogP contribution in [0.3, 0.4) is 0 Å². The Labute approximate surface area is 160 Å². The van der Waals surface area contributed by atoms with E-state index in [2.05, 4.69) is 15.0 Å². The molecule has 2 heterocycles. The molecule has 2 aromatic carbocycles. The van der Waals surface area contributed by atoms with Crippen molar-refractivity contribution in [3.05, 3.63) is 96.6 Å². The van der Waals surface area contributed by atoms with E-state index in [0.29, 0.717) is 11.6 Å². The molecule has 28 heavy (non-hydrogen) atoms. The van der Waals surface area contributed by atoms with E-state index in [1.54, 1.807) is 42.7 Å². The van der Waals surface area contributed by atoms with Crippen LogP contribution < -0.4 is 4.74 Å². The number of pyridine rings is 1. The number of nitrogens with zero attached hydrogens (tertiary/aromatic N) is 3. The third-order valence-corrected chi connectivity index (χ3v) is 3.99. The van der Waals surface area contributed by atoms with E-state index in [4.69, 9.17) is 4.74 Å². The lowest BCUT2D eigenvalue weighted by atomic mass is 10.2. The van der Waals surface area contributed by atoms with Gasteiger partial charge in [-0.3, -0.25) is 4.98 Å². The fraction of sp³-hybridized carbons (Fsp3) is 0. The van der Waals surface area contributed by atoms with Crippen LogP contribution in [-0.4, -0.2) is 20.9 Å². The van der Waals surface area contributed by atoms with Gasteiger partial charge in [0.15, 0.2) is 5.82 Å². The molecule has 5 nitrogen and oxygen atoms in total. The highest BCUT2D eigenvalue weighted by atomic mass is 19.1. The Kier molecular flexibility index (Phi) is 4.84. The second-order valence-electron chi connectivity index (χ2n) is 5.90. The van der Waals surface area contributed by atoms with Crippen LogP contribution >= 0.6 is 0 Å². The zero-order valence-corrected chi connectivity index (χ0v) is 14.6. The van der Waals surface area contributed by atoms with Gasteiger partial charge in [-0.05, 0) is 66.7 Å². The summed E-state index contributed by atoms with van der Waals surface area (Å²) in [5, 5.41) is 0. The molecule has 0 atom stereocenters. The van der Waals surface area contributed by atoms with E-state index in [9.17, 15) is 9.18 Å². The first-order chi connectivity index (χ1) is 13.7. The quantitative estimate of drug-likeness (QED) is 0.389. The van der Waals surface area contributed by atoms with Crippen LogP contribution in [0.15, 0.2) is 85.2 Å². The molecular weight excluding hydrogens is 357 g/mol. The maximum atomic E-state index is 13.0. The Hall–Kier alpha value is -3.93. The molecule has 2 aromatic heterocycles. The van der Waals surface area contributed by atoms with Crippen molar-refractivity contribution in [3.8, 4) is 28.5 Å². The monoisotopic (exact) mass is 371 g/mol. The van der Waals surface area contributed by atoms with E-state index in [1.807, 2.05) is 18.2 Å². The first-order valence-corrected chi connectivity index (χ1v) is 8.52. The van der Waals surface area contributed by atoms with Gasteiger partial charge in [-0.25, -0.2) is 19.2 Å². The van der Waals surface area contributed by atoms with Gasteiger partial charge in [0.25, 0.3) is 0 Å². The average Bonchev–Trinajstić information content (AvgIpc) is 2.75. The third-order valence-electron chi connectivity index (χ3n) is 3.99. The lowest BCUT2D eigenvalue weighted by Gasteiger charge is -2.06. The molecule has 0 bridgehead atoms. The Morgan fingerprint density at radius 3 is 2.29 bits per heavy atom. The van der Waals surface area contributed by atoms with Crippen LogP contribution in [0.4, 0.5) is 4.39 Å². The summed E-state index contributed by atoms with van der Waals surface area (Å²) >= 11 is 0. The van der Waals surface area contributed by atoms with Gasteiger partial charge in [0.05, 0.1) is 17.0 Å². The molecule has 0 aliphatic heterocycles. The molecule has 0 radical (unpaired) electrons. The number of carbonyl (C=O) groups is 1. The van der Waals surface area contributed by atoms with E-state index in [0.717, 1.165) is 17.0 Å². The molecule has 0 saturated heterocycles. The topological polar surface area (TPSA) is 65.0 Å². The van der Waals surface area contributed by atoms with Crippen molar-refractivity contribution >= 4 is 5.97 Å². The van der Waals surface area contributed by atoms with Crippen molar-refractivity contribution in [1.82, 2.24) is 15.0 Å². The summed E-state index contributed by atoms with van der Waals surface area (Å²) in [6.07, 6.45) is 3.39. The Morgan fingerprint density at radius 1 is 0.786 bits per heavy atom. The molecule has 6 heteroatoms.